The molecule has 0 radical (unpaired) electrons. The fourth-order valence-electron chi connectivity index (χ4n) is 3.32. The second-order valence-electron chi connectivity index (χ2n) is 6.79. The van der Waals surface area contributed by atoms with Crippen LogP contribution in [0.15, 0.2) is 48.5 Å². The number of amides is 1. The molecule has 1 fully saturated rings. The second kappa shape index (κ2) is 8.83. The number of ether oxygens (including phenoxy) is 1. The molecule has 2 aromatic carbocycles. The highest BCUT2D eigenvalue weighted by molar-refractivity contribution is 6.04. The second-order valence-corrected chi connectivity index (χ2v) is 6.79. The maximum absolute atomic E-state index is 12.4. The largest absolute Gasteiger partial charge is 0.497 e. The van der Waals surface area contributed by atoms with Crippen LogP contribution in [0.5, 0.6) is 5.75 Å². The van der Waals surface area contributed by atoms with E-state index in [-0.39, 0.29) is 5.91 Å². The SMILES string of the molecule is COc1ccc(C(=O)Nc2cccc(CNCC3CCCN3C)c2)cc1. The summed E-state index contributed by atoms with van der Waals surface area (Å²) < 4.78 is 5.12. The van der Waals surface area contributed by atoms with Crippen LogP contribution in [0.25, 0.3) is 0 Å². The summed E-state index contributed by atoms with van der Waals surface area (Å²) in [4.78, 5) is 14.8. The number of nitrogens with one attached hydrogen (secondary N) is 2. The predicted molar refractivity (Wildman–Crippen MR) is 105 cm³/mol. The van der Waals surface area contributed by atoms with Gasteiger partial charge in [0.2, 0.25) is 0 Å². The molecule has 3 rings (SSSR count). The van der Waals surface area contributed by atoms with Gasteiger partial charge in [-0.25, -0.2) is 0 Å². The molecule has 2 N–H and O–H groups in total. The number of hydrogen-bond acceptors (Lipinski definition) is 4. The summed E-state index contributed by atoms with van der Waals surface area (Å²) in [6.45, 7) is 2.99. The Hall–Kier alpha value is -2.37. The van der Waals surface area contributed by atoms with Gasteiger partial charge in [0.05, 0.1) is 7.11 Å². The van der Waals surface area contributed by atoms with Gasteiger partial charge in [0, 0.05) is 30.4 Å². The first-order chi connectivity index (χ1) is 12.7. The highest BCUT2D eigenvalue weighted by Gasteiger charge is 2.19. The van der Waals surface area contributed by atoms with E-state index >= 15 is 0 Å². The minimum absolute atomic E-state index is 0.120. The molecule has 138 valence electrons. The maximum Gasteiger partial charge on any atom is 0.255 e. The van der Waals surface area contributed by atoms with Gasteiger partial charge in [-0.05, 0) is 68.4 Å². The minimum atomic E-state index is -0.120. The summed E-state index contributed by atoms with van der Waals surface area (Å²) in [5, 5.41) is 6.49. The van der Waals surface area contributed by atoms with Crippen LogP contribution in [0, 0.1) is 0 Å². The smallest absolute Gasteiger partial charge is 0.255 e. The van der Waals surface area contributed by atoms with Crippen molar-refractivity contribution in [2.45, 2.75) is 25.4 Å². The number of benzene rings is 2. The van der Waals surface area contributed by atoms with Crippen molar-refractivity contribution in [2.24, 2.45) is 0 Å². The monoisotopic (exact) mass is 353 g/mol. The molecular weight excluding hydrogens is 326 g/mol. The number of methoxy groups -OCH3 is 1. The number of likely N-dealkylation sites (N-methyl/N-ethyl adjacent to an activating group) is 1. The standard InChI is InChI=1S/C21H27N3O2/c1-24-12-4-7-19(24)15-22-14-16-5-3-6-18(13-16)23-21(25)17-8-10-20(26-2)11-9-17/h3,5-6,8-11,13,19,22H,4,7,12,14-15H2,1-2H3,(H,23,25). The molecular formula is C21H27N3O2. The van der Waals surface area contributed by atoms with E-state index in [0.717, 1.165) is 30.1 Å². The van der Waals surface area contributed by atoms with Crippen molar-refractivity contribution in [3.63, 3.8) is 0 Å². The van der Waals surface area contributed by atoms with E-state index in [4.69, 9.17) is 4.74 Å². The Bertz CT molecular complexity index is 730. The van der Waals surface area contributed by atoms with Crippen molar-refractivity contribution in [2.75, 3.05) is 32.6 Å². The van der Waals surface area contributed by atoms with Crippen molar-refractivity contribution in [1.29, 1.82) is 0 Å². The molecule has 1 aliphatic rings. The van der Waals surface area contributed by atoms with Crippen molar-refractivity contribution < 1.29 is 9.53 Å². The van der Waals surface area contributed by atoms with Gasteiger partial charge >= 0.3 is 0 Å². The van der Waals surface area contributed by atoms with Gasteiger partial charge in [0.15, 0.2) is 0 Å². The van der Waals surface area contributed by atoms with E-state index in [1.807, 2.05) is 18.2 Å². The molecule has 1 amide bonds. The number of nitrogens with zero attached hydrogens (tertiary/aromatic N) is 1. The lowest BCUT2D eigenvalue weighted by molar-refractivity contribution is 0.102. The third kappa shape index (κ3) is 4.84. The summed E-state index contributed by atoms with van der Waals surface area (Å²) in [6, 6.07) is 15.7. The van der Waals surface area contributed by atoms with Crippen LogP contribution in [-0.2, 0) is 6.54 Å². The Morgan fingerprint density at radius 1 is 1.23 bits per heavy atom. The Kier molecular flexibility index (Phi) is 6.26. The van der Waals surface area contributed by atoms with Crippen LogP contribution < -0.4 is 15.4 Å². The quantitative estimate of drug-likeness (QED) is 0.803. The first-order valence-corrected chi connectivity index (χ1v) is 9.11. The number of likely N-dealkylation sites (tertiary alicyclic amines) is 1. The molecule has 1 atom stereocenters. The maximum atomic E-state index is 12.4. The molecule has 1 unspecified atom stereocenters. The van der Waals surface area contributed by atoms with Crippen LogP contribution in [0.1, 0.15) is 28.8 Å². The lowest BCUT2D eigenvalue weighted by Crippen LogP contribution is -2.35. The average Bonchev–Trinajstić information content (AvgIpc) is 3.07. The van der Waals surface area contributed by atoms with Crippen LogP contribution in [0.3, 0.4) is 0 Å². The van der Waals surface area contributed by atoms with E-state index in [9.17, 15) is 4.79 Å². The number of rotatable bonds is 7. The number of anilines is 1. The molecule has 5 nitrogen and oxygen atoms in total. The van der Waals surface area contributed by atoms with Gasteiger partial charge in [-0.3, -0.25) is 4.79 Å². The average molecular weight is 353 g/mol. The first kappa shape index (κ1) is 18.4. The van der Waals surface area contributed by atoms with E-state index in [0.29, 0.717) is 11.6 Å². The molecule has 2 aromatic rings. The van der Waals surface area contributed by atoms with E-state index < -0.39 is 0 Å². The fraction of sp³-hybridized carbons (Fsp3) is 0.381. The van der Waals surface area contributed by atoms with E-state index in [1.165, 1.54) is 19.4 Å². The molecule has 26 heavy (non-hydrogen) atoms. The van der Waals surface area contributed by atoms with Gasteiger partial charge in [0.25, 0.3) is 5.91 Å². The summed E-state index contributed by atoms with van der Waals surface area (Å²) in [6.07, 6.45) is 2.55. The number of hydrogen-bond donors (Lipinski definition) is 2. The summed E-state index contributed by atoms with van der Waals surface area (Å²) in [5.41, 5.74) is 2.58. The molecule has 0 aromatic heterocycles. The Balaban J connectivity index is 1.53. The fourth-order valence-corrected chi connectivity index (χ4v) is 3.32. The van der Waals surface area contributed by atoms with E-state index in [2.05, 4.69) is 28.6 Å². The minimum Gasteiger partial charge on any atom is -0.497 e. The number of carbonyl (C=O) groups excluding carboxylic acids is 1. The molecule has 0 spiro atoms. The van der Waals surface area contributed by atoms with Crippen LogP contribution in [-0.4, -0.2) is 44.1 Å². The van der Waals surface area contributed by atoms with Gasteiger partial charge < -0.3 is 20.3 Å². The highest BCUT2D eigenvalue weighted by Crippen LogP contribution is 2.16. The van der Waals surface area contributed by atoms with Gasteiger partial charge in [-0.1, -0.05) is 12.1 Å². The molecule has 5 heteroatoms. The van der Waals surface area contributed by atoms with Crippen molar-refractivity contribution in [3.8, 4) is 5.75 Å². The summed E-state index contributed by atoms with van der Waals surface area (Å²) in [7, 11) is 3.80. The predicted octanol–water partition coefficient (Wildman–Crippen LogP) is 3.13. The lowest BCUT2D eigenvalue weighted by Gasteiger charge is -2.19. The molecule has 1 aliphatic heterocycles. The Morgan fingerprint density at radius 3 is 2.73 bits per heavy atom. The van der Waals surface area contributed by atoms with Gasteiger partial charge in [0.1, 0.15) is 5.75 Å². The third-order valence-corrected chi connectivity index (χ3v) is 4.92. The third-order valence-electron chi connectivity index (χ3n) is 4.92. The highest BCUT2D eigenvalue weighted by atomic mass is 16.5. The lowest BCUT2D eigenvalue weighted by atomic mass is 10.1. The summed E-state index contributed by atoms with van der Waals surface area (Å²) >= 11 is 0. The normalized spacial score (nSPS) is 17.2. The van der Waals surface area contributed by atoms with Crippen molar-refractivity contribution in [1.82, 2.24) is 10.2 Å². The molecule has 1 heterocycles. The van der Waals surface area contributed by atoms with Gasteiger partial charge in [-0.2, -0.15) is 0 Å². The Labute approximate surface area is 155 Å². The van der Waals surface area contributed by atoms with Crippen molar-refractivity contribution >= 4 is 11.6 Å². The molecule has 0 aliphatic carbocycles. The zero-order valence-corrected chi connectivity index (χ0v) is 15.5. The topological polar surface area (TPSA) is 53.6 Å². The molecule has 0 saturated carbocycles. The van der Waals surface area contributed by atoms with Crippen LogP contribution >= 0.6 is 0 Å². The zero-order chi connectivity index (χ0) is 18.4. The van der Waals surface area contributed by atoms with Crippen LogP contribution in [0.4, 0.5) is 5.69 Å². The zero-order valence-electron chi connectivity index (χ0n) is 15.5. The summed E-state index contributed by atoms with van der Waals surface area (Å²) in [5.74, 6) is 0.618. The number of carbonyl (C=O) groups is 1. The molecule has 1 saturated heterocycles. The van der Waals surface area contributed by atoms with Crippen LogP contribution in [0.2, 0.25) is 0 Å². The van der Waals surface area contributed by atoms with Crippen molar-refractivity contribution in [3.05, 3.63) is 59.7 Å². The first-order valence-electron chi connectivity index (χ1n) is 9.11. The van der Waals surface area contributed by atoms with E-state index in [1.54, 1.807) is 31.4 Å². The Morgan fingerprint density at radius 2 is 2.04 bits per heavy atom. The van der Waals surface area contributed by atoms with Gasteiger partial charge in [-0.15, -0.1) is 0 Å². The molecule has 0 bridgehead atoms.